The van der Waals surface area contributed by atoms with Crippen molar-refractivity contribution < 1.29 is 95.1 Å². The summed E-state index contributed by atoms with van der Waals surface area (Å²) in [7, 11) is 0. The minimum absolute atomic E-state index is 0.0592. The molecule has 332 valence electrons. The lowest BCUT2D eigenvalue weighted by Crippen LogP contribution is -2.69. The fraction of sp³-hybridized carbons (Fsp3) is 0.650. The van der Waals surface area contributed by atoms with Crippen LogP contribution in [-0.4, -0.2) is 141 Å². The molecule has 0 saturated carbocycles. The number of hydrogen-bond donors (Lipinski definition) is 0. The highest BCUT2D eigenvalue weighted by Crippen LogP contribution is 2.41. The van der Waals surface area contributed by atoms with E-state index in [9.17, 15) is 28.8 Å². The molecule has 0 aromatic heterocycles. The van der Waals surface area contributed by atoms with Crippen LogP contribution in [0.1, 0.15) is 67.2 Å². The summed E-state index contributed by atoms with van der Waals surface area (Å²) in [6.07, 6.45) is -19.5. The first-order valence-electron chi connectivity index (χ1n) is 19.3. The van der Waals surface area contributed by atoms with Crippen molar-refractivity contribution in [1.29, 1.82) is 0 Å². The summed E-state index contributed by atoms with van der Waals surface area (Å²) in [6, 6.07) is 8.96. The van der Waals surface area contributed by atoms with Gasteiger partial charge in [-0.25, -0.2) is 0 Å². The monoisotopic (exact) mass is 852 g/mol. The van der Waals surface area contributed by atoms with Gasteiger partial charge in [-0.1, -0.05) is 36.4 Å². The number of fused-ring (bicyclic) bond motifs is 1. The van der Waals surface area contributed by atoms with Crippen molar-refractivity contribution in [3.8, 4) is 0 Å². The lowest BCUT2D eigenvalue weighted by Gasteiger charge is -2.52. The second kappa shape index (κ2) is 20.8. The average molecular weight is 853 g/mol. The minimum atomic E-state index is -1.60. The summed E-state index contributed by atoms with van der Waals surface area (Å²) in [5, 5.41) is 0. The van der Waals surface area contributed by atoms with E-state index in [1.807, 2.05) is 6.07 Å². The summed E-state index contributed by atoms with van der Waals surface area (Å²) in [5.41, 5.74) is 0.636. The summed E-state index contributed by atoms with van der Waals surface area (Å²) < 4.78 is 84.6. The normalized spacial score (nSPS) is 36.3. The molecule has 16 atom stereocenters. The molecule has 4 aliphatic heterocycles. The molecule has 0 amide bonds. The number of carbonyl (C=O) groups excluding carboxylic acids is 6. The van der Waals surface area contributed by atoms with Crippen molar-refractivity contribution in [3.05, 3.63) is 48.6 Å². The largest absolute Gasteiger partial charge is 0.456 e. The molecule has 4 saturated heterocycles. The minimum Gasteiger partial charge on any atom is -0.456 e. The Bertz CT molecular complexity index is 1690. The first-order chi connectivity index (χ1) is 28.5. The average Bonchev–Trinajstić information content (AvgIpc) is 3.16. The zero-order chi connectivity index (χ0) is 43.8. The molecule has 0 aliphatic carbocycles. The van der Waals surface area contributed by atoms with Crippen molar-refractivity contribution >= 4 is 35.8 Å². The van der Waals surface area contributed by atoms with Crippen LogP contribution in [0.25, 0.3) is 0 Å². The highest BCUT2D eigenvalue weighted by Gasteiger charge is 2.59. The van der Waals surface area contributed by atoms with E-state index in [1.54, 1.807) is 24.3 Å². The summed E-state index contributed by atoms with van der Waals surface area (Å²) in [5.74, 6) is -4.70. The Morgan fingerprint density at radius 3 is 1.45 bits per heavy atom. The van der Waals surface area contributed by atoms with Crippen LogP contribution in [0.4, 0.5) is 0 Å². The molecular formula is C40H52O20. The van der Waals surface area contributed by atoms with E-state index in [1.165, 1.54) is 19.9 Å². The Labute approximate surface area is 346 Å². The molecule has 60 heavy (non-hydrogen) atoms. The maximum absolute atomic E-state index is 12.7. The van der Waals surface area contributed by atoms with Gasteiger partial charge in [-0.05, 0) is 13.8 Å². The molecule has 0 N–H and O–H groups in total. The van der Waals surface area contributed by atoms with Gasteiger partial charge in [-0.15, -0.1) is 6.58 Å². The maximum atomic E-state index is 12.7. The van der Waals surface area contributed by atoms with Gasteiger partial charge in [0.05, 0.1) is 25.4 Å². The van der Waals surface area contributed by atoms with Gasteiger partial charge in [0.2, 0.25) is 0 Å². The SMILES string of the molecule is C=CCO[C@H]1O[C@@H]2CO[C@@H](c3ccccc3)O[C@H]2[C@H](O[C@@H]2O[C@@H](C)[C@H](OC(C)=O)[C@@H](OC(C)=O)[C@H]2OC(C)=O)[C@H]1O[C@@H]1O[C@@H](C)[C@H](OC(C)=O)[C@@H](OC(C)=O)[C@H]1OC(C)=O. The first-order valence-corrected chi connectivity index (χ1v) is 19.3. The van der Waals surface area contributed by atoms with Gasteiger partial charge in [-0.2, -0.15) is 0 Å². The van der Waals surface area contributed by atoms with Crippen LogP contribution in [0.5, 0.6) is 0 Å². The summed E-state index contributed by atoms with van der Waals surface area (Å²) >= 11 is 0. The van der Waals surface area contributed by atoms with Crippen LogP contribution in [-0.2, 0) is 95.1 Å². The third-order valence-electron chi connectivity index (χ3n) is 9.58. The van der Waals surface area contributed by atoms with E-state index in [2.05, 4.69) is 6.58 Å². The molecular weight excluding hydrogens is 800 g/mol. The molecule has 0 unspecified atom stereocenters. The van der Waals surface area contributed by atoms with Crippen molar-refractivity contribution in [2.75, 3.05) is 13.2 Å². The van der Waals surface area contributed by atoms with Crippen LogP contribution in [0.3, 0.4) is 0 Å². The van der Waals surface area contributed by atoms with E-state index >= 15 is 0 Å². The number of hydrogen-bond acceptors (Lipinski definition) is 20. The number of rotatable bonds is 14. The predicted molar refractivity (Wildman–Crippen MR) is 197 cm³/mol. The lowest BCUT2D eigenvalue weighted by atomic mass is 9.95. The Morgan fingerprint density at radius 1 is 0.567 bits per heavy atom. The number of ether oxygens (including phenoxy) is 14. The quantitative estimate of drug-likeness (QED) is 0.148. The molecule has 0 bridgehead atoms. The molecule has 4 aliphatic rings. The van der Waals surface area contributed by atoms with Gasteiger partial charge < -0.3 is 66.3 Å². The van der Waals surface area contributed by atoms with Gasteiger partial charge >= 0.3 is 35.8 Å². The topological polar surface area (TPSA) is 232 Å². The Balaban J connectivity index is 1.62. The molecule has 5 rings (SSSR count). The summed E-state index contributed by atoms with van der Waals surface area (Å²) in [4.78, 5) is 74.6. The molecule has 1 aromatic rings. The van der Waals surface area contributed by atoms with E-state index < -0.39 is 134 Å². The van der Waals surface area contributed by atoms with Crippen LogP contribution < -0.4 is 0 Å². The van der Waals surface area contributed by atoms with Crippen LogP contribution in [0, 0.1) is 0 Å². The zero-order valence-electron chi connectivity index (χ0n) is 34.5. The van der Waals surface area contributed by atoms with Crippen LogP contribution in [0.15, 0.2) is 43.0 Å². The van der Waals surface area contributed by atoms with Crippen molar-refractivity contribution in [1.82, 2.24) is 0 Å². The highest BCUT2D eigenvalue weighted by atomic mass is 16.8. The Hall–Kier alpha value is -4.54. The van der Waals surface area contributed by atoms with Crippen molar-refractivity contribution in [2.24, 2.45) is 0 Å². The molecule has 0 spiro atoms. The van der Waals surface area contributed by atoms with Gasteiger partial charge in [0.25, 0.3) is 0 Å². The van der Waals surface area contributed by atoms with Gasteiger partial charge in [0, 0.05) is 47.1 Å². The molecule has 20 heteroatoms. The smallest absolute Gasteiger partial charge is 0.303 e. The van der Waals surface area contributed by atoms with E-state index in [4.69, 9.17) is 66.3 Å². The molecule has 4 heterocycles. The van der Waals surface area contributed by atoms with Gasteiger partial charge in [-0.3, -0.25) is 28.8 Å². The van der Waals surface area contributed by atoms with E-state index in [0.29, 0.717) is 5.56 Å². The first kappa shape index (κ1) is 46.5. The standard InChI is InChI=1S/C40H52O20/c1-10-16-47-38-34(60-40-36(56-25(9)46)32(54-23(7)44)29(19(3)50-40)52-21(5)42)33(30-27(57-38)17-48-37(58-30)26-14-12-11-13-15-26)59-39-35(55-24(8)45)31(53-22(6)43)28(18(2)49-39)51-20(4)41/h10-15,18-19,27-40H,1,16-17H2,2-9H3/t18-,19-,27+,28-,29-,30+,31+,32+,33-,34+,35+,36+,37+,38-,39-,40-/m0/s1. The van der Waals surface area contributed by atoms with Crippen molar-refractivity contribution in [2.45, 2.75) is 154 Å². The Morgan fingerprint density at radius 2 is 1.00 bits per heavy atom. The molecule has 0 radical (unpaired) electrons. The van der Waals surface area contributed by atoms with E-state index in [-0.39, 0.29) is 13.2 Å². The third-order valence-corrected chi connectivity index (χ3v) is 9.58. The molecule has 1 aromatic carbocycles. The second-order valence-electron chi connectivity index (χ2n) is 14.4. The third kappa shape index (κ3) is 11.6. The lowest BCUT2D eigenvalue weighted by molar-refractivity contribution is -0.412. The van der Waals surface area contributed by atoms with E-state index in [0.717, 1.165) is 41.5 Å². The predicted octanol–water partition coefficient (Wildman–Crippen LogP) is 1.88. The fourth-order valence-electron chi connectivity index (χ4n) is 7.39. The highest BCUT2D eigenvalue weighted by molar-refractivity contribution is 5.69. The number of esters is 6. The van der Waals surface area contributed by atoms with Crippen LogP contribution >= 0.6 is 0 Å². The second-order valence-corrected chi connectivity index (χ2v) is 14.4. The number of carbonyl (C=O) groups is 6. The van der Waals surface area contributed by atoms with Gasteiger partial charge in [0.15, 0.2) is 61.8 Å². The number of benzene rings is 1. The Kier molecular flexibility index (Phi) is 16.1. The van der Waals surface area contributed by atoms with Crippen LogP contribution in [0.2, 0.25) is 0 Å². The van der Waals surface area contributed by atoms with Gasteiger partial charge in [0.1, 0.15) is 24.4 Å². The molecule has 20 nitrogen and oxygen atoms in total. The molecule has 4 fully saturated rings. The summed E-state index contributed by atoms with van der Waals surface area (Å²) in [6.45, 7) is 13.4. The fourth-order valence-corrected chi connectivity index (χ4v) is 7.39. The van der Waals surface area contributed by atoms with Crippen molar-refractivity contribution in [3.63, 3.8) is 0 Å². The maximum Gasteiger partial charge on any atom is 0.303 e. The zero-order valence-corrected chi connectivity index (χ0v) is 34.5.